The minimum atomic E-state index is 0.599. The lowest BCUT2D eigenvalue weighted by Gasteiger charge is -2.34. The molecule has 3 atom stereocenters. The number of thioether (sulfide) groups is 1. The Morgan fingerprint density at radius 3 is 2.78 bits per heavy atom. The second kappa shape index (κ2) is 9.77. The molecule has 0 bridgehead atoms. The lowest BCUT2D eigenvalue weighted by molar-refractivity contribution is 0.159. The van der Waals surface area contributed by atoms with Gasteiger partial charge in [-0.1, -0.05) is 13.8 Å². The van der Waals surface area contributed by atoms with Gasteiger partial charge in [0, 0.05) is 38.0 Å². The topological polar surface area (TPSA) is 39.7 Å². The van der Waals surface area contributed by atoms with Crippen molar-refractivity contribution < 1.29 is 0 Å². The third-order valence-electron chi connectivity index (χ3n) is 5.07. The summed E-state index contributed by atoms with van der Waals surface area (Å²) in [6.45, 7) is 9.43. The molecule has 1 aliphatic heterocycles. The summed E-state index contributed by atoms with van der Waals surface area (Å²) < 4.78 is 0. The number of guanidine groups is 1. The van der Waals surface area contributed by atoms with Gasteiger partial charge >= 0.3 is 0 Å². The van der Waals surface area contributed by atoms with Crippen LogP contribution in [-0.4, -0.2) is 61.6 Å². The molecule has 3 unspecified atom stereocenters. The predicted molar refractivity (Wildman–Crippen MR) is 103 cm³/mol. The van der Waals surface area contributed by atoms with Crippen LogP contribution in [0.25, 0.3) is 0 Å². The minimum absolute atomic E-state index is 0.599. The summed E-state index contributed by atoms with van der Waals surface area (Å²) in [6.07, 6.45) is 8.79. The summed E-state index contributed by atoms with van der Waals surface area (Å²) in [7, 11) is 1.89. The van der Waals surface area contributed by atoms with Crippen LogP contribution in [0, 0.1) is 11.8 Å². The van der Waals surface area contributed by atoms with Crippen molar-refractivity contribution >= 4 is 17.7 Å². The Balaban J connectivity index is 1.70. The number of nitrogens with one attached hydrogen (secondary N) is 2. The van der Waals surface area contributed by atoms with E-state index in [0.717, 1.165) is 29.6 Å². The molecule has 1 aliphatic carbocycles. The van der Waals surface area contributed by atoms with Crippen LogP contribution in [0.2, 0.25) is 0 Å². The van der Waals surface area contributed by atoms with E-state index in [9.17, 15) is 0 Å². The van der Waals surface area contributed by atoms with Crippen molar-refractivity contribution in [2.45, 2.75) is 57.2 Å². The minimum Gasteiger partial charge on any atom is -0.356 e. The van der Waals surface area contributed by atoms with Gasteiger partial charge in [0.15, 0.2) is 5.96 Å². The van der Waals surface area contributed by atoms with Crippen LogP contribution in [0.4, 0.5) is 0 Å². The van der Waals surface area contributed by atoms with Crippen molar-refractivity contribution in [2.75, 3.05) is 39.5 Å². The SMILES string of the molecule is CN=C(NCC1CCCN(CC(C)C)C1)NC1CCC(SC)C1. The monoisotopic (exact) mass is 340 g/mol. The lowest BCUT2D eigenvalue weighted by Crippen LogP contribution is -2.47. The van der Waals surface area contributed by atoms with Gasteiger partial charge in [-0.3, -0.25) is 4.99 Å². The van der Waals surface area contributed by atoms with Crippen LogP contribution in [0.5, 0.6) is 0 Å². The van der Waals surface area contributed by atoms with Gasteiger partial charge in [0.1, 0.15) is 0 Å². The highest BCUT2D eigenvalue weighted by Crippen LogP contribution is 2.28. The third-order valence-corrected chi connectivity index (χ3v) is 6.16. The molecule has 1 saturated carbocycles. The highest BCUT2D eigenvalue weighted by Gasteiger charge is 2.25. The van der Waals surface area contributed by atoms with Crippen LogP contribution in [0.15, 0.2) is 4.99 Å². The summed E-state index contributed by atoms with van der Waals surface area (Å²) in [5.74, 6) is 2.52. The van der Waals surface area contributed by atoms with Crippen molar-refractivity contribution in [2.24, 2.45) is 16.8 Å². The van der Waals surface area contributed by atoms with Gasteiger partial charge in [0.2, 0.25) is 0 Å². The van der Waals surface area contributed by atoms with Crippen molar-refractivity contribution in [1.82, 2.24) is 15.5 Å². The van der Waals surface area contributed by atoms with E-state index in [1.807, 2.05) is 18.8 Å². The molecule has 0 amide bonds. The first kappa shape index (κ1) is 18.9. The average Bonchev–Trinajstić information content (AvgIpc) is 2.99. The molecule has 2 N–H and O–H groups in total. The van der Waals surface area contributed by atoms with Crippen LogP contribution in [0.1, 0.15) is 46.0 Å². The quantitative estimate of drug-likeness (QED) is 0.576. The van der Waals surface area contributed by atoms with Gasteiger partial charge in [-0.2, -0.15) is 11.8 Å². The molecule has 0 aromatic rings. The first-order valence-corrected chi connectivity index (χ1v) is 10.6. The van der Waals surface area contributed by atoms with Gasteiger partial charge in [0.05, 0.1) is 0 Å². The molecule has 0 aromatic carbocycles. The fourth-order valence-electron chi connectivity index (χ4n) is 3.91. The van der Waals surface area contributed by atoms with E-state index >= 15 is 0 Å². The smallest absolute Gasteiger partial charge is 0.191 e. The zero-order valence-electron chi connectivity index (χ0n) is 15.5. The normalized spacial score (nSPS) is 30.0. The Labute approximate surface area is 147 Å². The van der Waals surface area contributed by atoms with Crippen molar-refractivity contribution in [3.63, 3.8) is 0 Å². The maximum atomic E-state index is 4.43. The van der Waals surface area contributed by atoms with Gasteiger partial charge < -0.3 is 15.5 Å². The third kappa shape index (κ3) is 6.54. The van der Waals surface area contributed by atoms with E-state index < -0.39 is 0 Å². The van der Waals surface area contributed by atoms with Crippen LogP contribution in [0.3, 0.4) is 0 Å². The number of nitrogens with zero attached hydrogens (tertiary/aromatic N) is 2. The van der Waals surface area contributed by atoms with E-state index in [1.165, 1.54) is 51.7 Å². The molecule has 2 fully saturated rings. The summed E-state index contributed by atoms with van der Waals surface area (Å²) >= 11 is 2.01. The first-order valence-electron chi connectivity index (χ1n) is 9.33. The zero-order valence-corrected chi connectivity index (χ0v) is 16.3. The fourth-order valence-corrected chi connectivity index (χ4v) is 4.71. The zero-order chi connectivity index (χ0) is 16.7. The average molecular weight is 341 g/mol. The molecule has 23 heavy (non-hydrogen) atoms. The molecule has 0 spiro atoms. The maximum Gasteiger partial charge on any atom is 0.191 e. The Hall–Kier alpha value is -0.420. The molecule has 1 heterocycles. The van der Waals surface area contributed by atoms with Gasteiger partial charge in [-0.05, 0) is 56.7 Å². The molecular weight excluding hydrogens is 304 g/mol. The second-order valence-corrected chi connectivity index (χ2v) is 8.76. The van der Waals surface area contributed by atoms with E-state index in [0.29, 0.717) is 6.04 Å². The van der Waals surface area contributed by atoms with E-state index in [-0.39, 0.29) is 0 Å². The number of aliphatic imine (C=N–C) groups is 1. The molecular formula is C18H36N4S. The van der Waals surface area contributed by atoms with Crippen LogP contribution < -0.4 is 10.6 Å². The highest BCUT2D eigenvalue weighted by atomic mass is 32.2. The van der Waals surface area contributed by atoms with Crippen LogP contribution >= 0.6 is 11.8 Å². The van der Waals surface area contributed by atoms with E-state index in [2.05, 4.69) is 40.6 Å². The Kier molecular flexibility index (Phi) is 8.04. The molecule has 2 rings (SSSR count). The second-order valence-electron chi connectivity index (χ2n) is 7.63. The number of piperidine rings is 1. The molecule has 0 radical (unpaired) electrons. The number of likely N-dealkylation sites (tertiary alicyclic amines) is 1. The lowest BCUT2D eigenvalue weighted by atomic mass is 9.97. The van der Waals surface area contributed by atoms with Crippen molar-refractivity contribution in [3.8, 4) is 0 Å². The molecule has 0 aromatic heterocycles. The summed E-state index contributed by atoms with van der Waals surface area (Å²) in [5, 5.41) is 8.03. The van der Waals surface area contributed by atoms with E-state index in [1.54, 1.807) is 0 Å². The summed E-state index contributed by atoms with van der Waals surface area (Å²) in [4.78, 5) is 7.06. The first-order chi connectivity index (χ1) is 11.1. The van der Waals surface area contributed by atoms with Crippen molar-refractivity contribution in [1.29, 1.82) is 0 Å². The Morgan fingerprint density at radius 1 is 1.30 bits per heavy atom. The molecule has 5 heteroatoms. The van der Waals surface area contributed by atoms with Gasteiger partial charge in [0.25, 0.3) is 0 Å². The number of rotatable bonds is 6. The van der Waals surface area contributed by atoms with E-state index in [4.69, 9.17) is 0 Å². The molecule has 1 saturated heterocycles. The Bertz CT molecular complexity index is 372. The highest BCUT2D eigenvalue weighted by molar-refractivity contribution is 7.99. The predicted octanol–water partition coefficient (Wildman–Crippen LogP) is 2.80. The summed E-state index contributed by atoms with van der Waals surface area (Å²) in [5.41, 5.74) is 0. The standard InChI is InChI=1S/C18H36N4S/c1-14(2)12-22-9-5-6-15(13-22)11-20-18(19-3)21-16-7-8-17(10-16)23-4/h14-17H,5-13H2,1-4H3,(H2,19,20,21). The maximum absolute atomic E-state index is 4.43. The van der Waals surface area contributed by atoms with Crippen molar-refractivity contribution in [3.05, 3.63) is 0 Å². The van der Waals surface area contributed by atoms with Crippen LogP contribution in [-0.2, 0) is 0 Å². The molecule has 134 valence electrons. The number of hydrogen-bond acceptors (Lipinski definition) is 3. The number of hydrogen-bond donors (Lipinski definition) is 2. The van der Waals surface area contributed by atoms with Gasteiger partial charge in [-0.15, -0.1) is 0 Å². The largest absolute Gasteiger partial charge is 0.356 e. The van der Waals surface area contributed by atoms with Gasteiger partial charge in [-0.25, -0.2) is 0 Å². The summed E-state index contributed by atoms with van der Waals surface area (Å²) in [6, 6.07) is 0.599. The Morgan fingerprint density at radius 2 is 2.13 bits per heavy atom. The molecule has 4 nitrogen and oxygen atoms in total. The molecule has 2 aliphatic rings. The fraction of sp³-hybridized carbons (Fsp3) is 0.944.